The molecule has 0 unspecified atom stereocenters. The molecule has 0 atom stereocenters. The zero-order chi connectivity index (χ0) is 12.7. The summed E-state index contributed by atoms with van der Waals surface area (Å²) in [7, 11) is 1.78. The van der Waals surface area contributed by atoms with Crippen molar-refractivity contribution in [3.63, 3.8) is 0 Å². The quantitative estimate of drug-likeness (QED) is 0.728. The Morgan fingerprint density at radius 3 is 2.39 bits per heavy atom. The molecule has 1 aromatic heterocycles. The Morgan fingerprint density at radius 1 is 1.11 bits per heavy atom. The van der Waals surface area contributed by atoms with Gasteiger partial charge in [0.25, 0.3) is 0 Å². The van der Waals surface area contributed by atoms with Gasteiger partial charge in [-0.3, -0.25) is 0 Å². The van der Waals surface area contributed by atoms with E-state index in [9.17, 15) is 5.11 Å². The van der Waals surface area contributed by atoms with E-state index in [0.29, 0.717) is 16.5 Å². The summed E-state index contributed by atoms with van der Waals surface area (Å²) in [5.74, 6) is 0.752. The van der Waals surface area contributed by atoms with E-state index in [2.05, 4.69) is 10.2 Å². The number of phenols is 1. The molecular weight excluding hydrogens is 246 g/mol. The minimum absolute atomic E-state index is 0.180. The maximum Gasteiger partial charge on any atom is 0.221 e. The van der Waals surface area contributed by atoms with Gasteiger partial charge in [-0.15, -0.1) is 10.2 Å². The normalized spacial score (nSPS) is 10.9. The van der Waals surface area contributed by atoms with Crippen LogP contribution in [0.25, 0.3) is 22.2 Å². The fourth-order valence-corrected chi connectivity index (χ4v) is 2.08. The van der Waals surface area contributed by atoms with Gasteiger partial charge in [0, 0.05) is 7.05 Å². The molecule has 3 rings (SSSR count). The molecule has 1 N–H and O–H groups in total. The number of aromatic hydroxyl groups is 1. The van der Waals surface area contributed by atoms with Crippen LogP contribution in [-0.2, 0) is 7.05 Å². The first-order chi connectivity index (χ1) is 8.66. The van der Waals surface area contributed by atoms with E-state index < -0.39 is 0 Å². The third kappa shape index (κ3) is 1.60. The highest BCUT2D eigenvalue weighted by molar-refractivity contribution is 7.80. The molecule has 0 spiro atoms. The van der Waals surface area contributed by atoms with Crippen molar-refractivity contribution in [1.29, 1.82) is 0 Å². The largest absolute Gasteiger partial charge is 0.507 e. The maximum atomic E-state index is 10.1. The van der Waals surface area contributed by atoms with Crippen LogP contribution >= 0.6 is 12.6 Å². The van der Waals surface area contributed by atoms with Gasteiger partial charge in [0.2, 0.25) is 5.16 Å². The number of benzene rings is 2. The van der Waals surface area contributed by atoms with Crippen LogP contribution in [-0.4, -0.2) is 19.9 Å². The van der Waals surface area contributed by atoms with Crippen LogP contribution in [0.3, 0.4) is 0 Å². The molecule has 18 heavy (non-hydrogen) atoms. The number of aromatic nitrogens is 3. The van der Waals surface area contributed by atoms with Crippen molar-refractivity contribution in [2.75, 3.05) is 0 Å². The molecule has 89 valence electrons. The molecule has 0 aliphatic rings. The van der Waals surface area contributed by atoms with Gasteiger partial charge < -0.3 is 9.67 Å². The van der Waals surface area contributed by atoms with Crippen LogP contribution in [0, 0.1) is 0 Å². The van der Waals surface area contributed by atoms with Gasteiger partial charge in [-0.1, -0.05) is 24.3 Å². The number of nitrogens with zero attached hydrogens (tertiary/aromatic N) is 3. The van der Waals surface area contributed by atoms with Gasteiger partial charge in [-0.2, -0.15) is 0 Å². The molecule has 1 radical (unpaired) electrons. The fourth-order valence-electron chi connectivity index (χ4n) is 1.96. The monoisotopic (exact) mass is 256 g/mol. The lowest BCUT2D eigenvalue weighted by atomic mass is 10.1. The van der Waals surface area contributed by atoms with Crippen molar-refractivity contribution in [3.05, 3.63) is 36.4 Å². The number of phenolic OH excluding ortho intramolecular Hbond substituents is 1. The fraction of sp³-hybridized carbons (Fsp3) is 0.0769. The zero-order valence-corrected chi connectivity index (χ0v) is 10.5. The first kappa shape index (κ1) is 11.0. The Bertz CT molecular complexity index is 736. The summed E-state index contributed by atoms with van der Waals surface area (Å²) in [5.41, 5.74) is 0.639. The predicted octanol–water partition coefficient (Wildman–Crippen LogP) is 2.90. The summed E-state index contributed by atoms with van der Waals surface area (Å²) < 4.78 is 1.68. The minimum atomic E-state index is 0.180. The van der Waals surface area contributed by atoms with E-state index in [1.807, 2.05) is 30.3 Å². The molecule has 1 heterocycles. The average molecular weight is 256 g/mol. The molecule has 0 fully saturated rings. The standard InChI is InChI=1S/C13H10N3OS/c1-16-12(14-15-13(16)18)10-6-8-4-2-3-5-9(8)7-11(10)17/h2-7,17H,1H3. The average Bonchev–Trinajstić information content (AvgIpc) is 2.69. The number of fused-ring (bicyclic) bond motifs is 1. The van der Waals surface area contributed by atoms with Crippen molar-refractivity contribution in [2.24, 2.45) is 7.05 Å². The van der Waals surface area contributed by atoms with Crippen molar-refractivity contribution in [1.82, 2.24) is 14.8 Å². The molecule has 0 aliphatic carbocycles. The SMILES string of the molecule is Cn1c([S])nnc1-c1cc2ccccc2cc1O. The van der Waals surface area contributed by atoms with Gasteiger partial charge in [0.15, 0.2) is 5.82 Å². The van der Waals surface area contributed by atoms with Gasteiger partial charge in [0.1, 0.15) is 5.75 Å². The Hall–Kier alpha value is -2.14. The molecular formula is C13H10N3OS. The Morgan fingerprint density at radius 2 is 1.78 bits per heavy atom. The Kier molecular flexibility index (Phi) is 2.41. The molecule has 5 heteroatoms. The third-order valence-corrected chi connectivity index (χ3v) is 3.30. The summed E-state index contributed by atoms with van der Waals surface area (Å²) in [6, 6.07) is 11.5. The molecule has 2 aromatic carbocycles. The lowest BCUT2D eigenvalue weighted by Gasteiger charge is -2.06. The van der Waals surface area contributed by atoms with E-state index in [4.69, 9.17) is 12.6 Å². The minimum Gasteiger partial charge on any atom is -0.507 e. The van der Waals surface area contributed by atoms with E-state index in [-0.39, 0.29) is 5.75 Å². The van der Waals surface area contributed by atoms with Gasteiger partial charge in [-0.25, -0.2) is 0 Å². The Labute approximate surface area is 109 Å². The summed E-state index contributed by atoms with van der Waals surface area (Å²) in [6.45, 7) is 0. The van der Waals surface area contributed by atoms with E-state index >= 15 is 0 Å². The molecule has 3 aromatic rings. The molecule has 0 saturated carbocycles. The lowest BCUT2D eigenvalue weighted by molar-refractivity contribution is 0.477. The summed E-state index contributed by atoms with van der Waals surface area (Å²) in [4.78, 5) is 0. The van der Waals surface area contributed by atoms with E-state index in [1.54, 1.807) is 17.7 Å². The Balaban J connectivity index is 2.29. The second-order valence-corrected chi connectivity index (χ2v) is 4.45. The lowest BCUT2D eigenvalue weighted by Crippen LogP contribution is -1.93. The van der Waals surface area contributed by atoms with Crippen LogP contribution in [0.5, 0.6) is 5.75 Å². The predicted molar refractivity (Wildman–Crippen MR) is 71.5 cm³/mol. The highest BCUT2D eigenvalue weighted by Gasteiger charge is 2.13. The summed E-state index contributed by atoms with van der Waals surface area (Å²) in [6.07, 6.45) is 0. The highest BCUT2D eigenvalue weighted by atomic mass is 32.1. The number of hydrogen-bond donors (Lipinski definition) is 1. The van der Waals surface area contributed by atoms with Crippen LogP contribution in [0.1, 0.15) is 0 Å². The van der Waals surface area contributed by atoms with Crippen LogP contribution < -0.4 is 0 Å². The van der Waals surface area contributed by atoms with Crippen LogP contribution in [0.2, 0.25) is 0 Å². The van der Waals surface area contributed by atoms with Gasteiger partial charge in [-0.05, 0) is 35.5 Å². The molecule has 4 nitrogen and oxygen atoms in total. The second kappa shape index (κ2) is 3.96. The zero-order valence-electron chi connectivity index (χ0n) is 9.66. The molecule has 0 bridgehead atoms. The maximum absolute atomic E-state index is 10.1. The first-order valence-corrected chi connectivity index (χ1v) is 5.86. The smallest absolute Gasteiger partial charge is 0.221 e. The van der Waals surface area contributed by atoms with Gasteiger partial charge in [0.05, 0.1) is 5.56 Å². The van der Waals surface area contributed by atoms with Gasteiger partial charge >= 0.3 is 0 Å². The first-order valence-electron chi connectivity index (χ1n) is 5.45. The number of hydrogen-bond acceptors (Lipinski definition) is 3. The molecule has 0 saturated heterocycles. The van der Waals surface area contributed by atoms with Crippen LogP contribution in [0.4, 0.5) is 0 Å². The topological polar surface area (TPSA) is 50.9 Å². The van der Waals surface area contributed by atoms with Crippen LogP contribution in [0.15, 0.2) is 41.6 Å². The second-order valence-electron chi connectivity index (χ2n) is 4.08. The van der Waals surface area contributed by atoms with Crippen molar-refractivity contribution in [3.8, 4) is 17.1 Å². The molecule has 0 aliphatic heterocycles. The third-order valence-electron chi connectivity index (χ3n) is 2.94. The molecule has 0 amide bonds. The van der Waals surface area contributed by atoms with E-state index in [0.717, 1.165) is 10.8 Å². The number of rotatable bonds is 1. The highest BCUT2D eigenvalue weighted by Crippen LogP contribution is 2.32. The van der Waals surface area contributed by atoms with Crippen molar-refractivity contribution >= 4 is 23.4 Å². The van der Waals surface area contributed by atoms with E-state index in [1.165, 1.54) is 0 Å². The summed E-state index contributed by atoms with van der Waals surface area (Å²) in [5, 5.41) is 20.3. The van der Waals surface area contributed by atoms with Crippen molar-refractivity contribution < 1.29 is 5.11 Å². The summed E-state index contributed by atoms with van der Waals surface area (Å²) >= 11 is 5.02. The van der Waals surface area contributed by atoms with Crippen molar-refractivity contribution in [2.45, 2.75) is 5.16 Å².